The Morgan fingerprint density at radius 3 is 3.27 bits per heavy atom. The van der Waals surface area contributed by atoms with Gasteiger partial charge in [-0.3, -0.25) is 10.1 Å². The highest BCUT2D eigenvalue weighted by Gasteiger charge is 2.21. The maximum absolute atomic E-state index is 11.5. The van der Waals surface area contributed by atoms with Crippen molar-refractivity contribution < 1.29 is 9.32 Å². The normalized spacial score (nSPS) is 19.6. The molecule has 0 aliphatic carbocycles. The summed E-state index contributed by atoms with van der Waals surface area (Å²) in [5.74, 6) is 1.71. The lowest BCUT2D eigenvalue weighted by atomic mass is 10.3. The van der Waals surface area contributed by atoms with E-state index in [0.717, 1.165) is 17.3 Å². The molecule has 5 nitrogen and oxygen atoms in total. The third-order valence-electron chi connectivity index (χ3n) is 1.97. The molecule has 1 aromatic rings. The molecule has 1 atom stereocenters. The van der Waals surface area contributed by atoms with E-state index in [0.29, 0.717) is 6.54 Å². The van der Waals surface area contributed by atoms with Gasteiger partial charge in [-0.15, -0.1) is 24.2 Å². The smallest absolute Gasteiger partial charge is 0.238 e. The van der Waals surface area contributed by atoms with Crippen molar-refractivity contribution in [2.45, 2.75) is 12.6 Å². The molecule has 1 aromatic heterocycles. The Labute approximate surface area is 97.8 Å². The largest absolute Gasteiger partial charge is 0.364 e. The molecule has 0 spiro atoms. The fourth-order valence-electron chi connectivity index (χ4n) is 1.19. The zero-order valence-corrected chi connectivity index (χ0v) is 9.57. The van der Waals surface area contributed by atoms with Gasteiger partial charge in [0, 0.05) is 17.7 Å². The van der Waals surface area contributed by atoms with E-state index in [1.807, 2.05) is 0 Å². The summed E-state index contributed by atoms with van der Waals surface area (Å²) in [6, 6.07) is 1.67. The average molecular weight is 250 g/mol. The lowest BCUT2D eigenvalue weighted by molar-refractivity contribution is -0.122. The molecule has 0 radical (unpaired) electrons. The fraction of sp³-hybridized carbons (Fsp3) is 0.500. The van der Waals surface area contributed by atoms with Crippen LogP contribution in [0.15, 0.2) is 16.9 Å². The quantitative estimate of drug-likeness (QED) is 0.811. The summed E-state index contributed by atoms with van der Waals surface area (Å²) >= 11 is 1.73. The number of hydrogen-bond donors (Lipinski definition) is 2. The van der Waals surface area contributed by atoms with E-state index in [4.69, 9.17) is 0 Å². The average Bonchev–Trinajstić information content (AvgIpc) is 2.87. The number of halogens is 1. The number of rotatable bonds is 3. The number of aromatic nitrogens is 1. The van der Waals surface area contributed by atoms with Crippen LogP contribution in [0.2, 0.25) is 0 Å². The maximum atomic E-state index is 11.5. The second-order valence-electron chi connectivity index (χ2n) is 2.98. The molecular weight excluding hydrogens is 238 g/mol. The first-order valence-electron chi connectivity index (χ1n) is 4.34. The van der Waals surface area contributed by atoms with E-state index in [1.54, 1.807) is 17.8 Å². The van der Waals surface area contributed by atoms with Gasteiger partial charge in [0.15, 0.2) is 0 Å². The second-order valence-corrected chi connectivity index (χ2v) is 4.01. The van der Waals surface area contributed by atoms with E-state index in [9.17, 15) is 4.79 Å². The zero-order chi connectivity index (χ0) is 9.80. The van der Waals surface area contributed by atoms with Crippen molar-refractivity contribution in [2.24, 2.45) is 0 Å². The van der Waals surface area contributed by atoms with E-state index >= 15 is 0 Å². The molecule has 0 saturated carbocycles. The van der Waals surface area contributed by atoms with Crippen LogP contribution in [0, 0.1) is 0 Å². The van der Waals surface area contributed by atoms with Crippen LogP contribution >= 0.6 is 24.2 Å². The van der Waals surface area contributed by atoms with E-state index in [2.05, 4.69) is 20.3 Å². The molecule has 84 valence electrons. The summed E-state index contributed by atoms with van der Waals surface area (Å²) in [7, 11) is 0. The molecule has 7 heteroatoms. The molecule has 1 aliphatic heterocycles. The van der Waals surface area contributed by atoms with Gasteiger partial charge in [0.05, 0.1) is 12.6 Å². The summed E-state index contributed by atoms with van der Waals surface area (Å²) in [4.78, 5) is 11.5. The van der Waals surface area contributed by atoms with Crippen LogP contribution in [-0.4, -0.2) is 28.7 Å². The van der Waals surface area contributed by atoms with E-state index < -0.39 is 0 Å². The van der Waals surface area contributed by atoms with Crippen LogP contribution in [0.5, 0.6) is 0 Å². The van der Waals surface area contributed by atoms with Crippen molar-refractivity contribution >= 4 is 30.1 Å². The van der Waals surface area contributed by atoms with Gasteiger partial charge in [-0.1, -0.05) is 5.16 Å². The minimum atomic E-state index is -0.0631. The fourth-order valence-corrected chi connectivity index (χ4v) is 2.14. The Morgan fingerprint density at radius 1 is 1.80 bits per heavy atom. The van der Waals surface area contributed by atoms with Gasteiger partial charge in [0.1, 0.15) is 12.0 Å². The summed E-state index contributed by atoms with van der Waals surface area (Å²) in [5, 5.41) is 9.58. The highest BCUT2D eigenvalue weighted by Crippen LogP contribution is 2.09. The molecule has 1 saturated heterocycles. The predicted molar refractivity (Wildman–Crippen MR) is 59.8 cm³/mol. The minimum Gasteiger partial charge on any atom is -0.364 e. The van der Waals surface area contributed by atoms with Crippen molar-refractivity contribution in [3.8, 4) is 0 Å². The molecule has 2 rings (SSSR count). The Balaban J connectivity index is 0.00000112. The van der Waals surface area contributed by atoms with Crippen LogP contribution in [-0.2, 0) is 11.3 Å². The van der Waals surface area contributed by atoms with Gasteiger partial charge < -0.3 is 9.84 Å². The van der Waals surface area contributed by atoms with Crippen LogP contribution in [0.3, 0.4) is 0 Å². The molecule has 1 amide bonds. The summed E-state index contributed by atoms with van der Waals surface area (Å²) in [6.07, 6.45) is 1.49. The highest BCUT2D eigenvalue weighted by atomic mass is 35.5. The second kappa shape index (κ2) is 5.99. The standard InChI is InChI=1S/C8H11N3O2S.ClH/c12-8(7-4-14-5-10-7)9-3-6-1-2-13-11-6;/h1-2,7,10H,3-5H2,(H,9,12);1H/t7-;/m1./s1. The molecule has 0 aromatic carbocycles. The van der Waals surface area contributed by atoms with Gasteiger partial charge in [-0.05, 0) is 0 Å². The number of amides is 1. The number of nitrogens with one attached hydrogen (secondary N) is 2. The minimum absolute atomic E-state index is 0. The Bertz CT molecular complexity index is 301. The van der Waals surface area contributed by atoms with Gasteiger partial charge >= 0.3 is 0 Å². The molecule has 0 unspecified atom stereocenters. The van der Waals surface area contributed by atoms with Crippen LogP contribution in [0.25, 0.3) is 0 Å². The Hall–Kier alpha value is -0.720. The number of hydrogen-bond acceptors (Lipinski definition) is 5. The lowest BCUT2D eigenvalue weighted by Crippen LogP contribution is -2.41. The van der Waals surface area contributed by atoms with Crippen molar-refractivity contribution in [3.05, 3.63) is 18.0 Å². The molecule has 2 N–H and O–H groups in total. The molecule has 1 fully saturated rings. The topological polar surface area (TPSA) is 67.2 Å². The molecule has 15 heavy (non-hydrogen) atoms. The monoisotopic (exact) mass is 249 g/mol. The number of thioether (sulfide) groups is 1. The van der Waals surface area contributed by atoms with Crippen LogP contribution < -0.4 is 10.6 Å². The van der Waals surface area contributed by atoms with Crippen molar-refractivity contribution in [1.82, 2.24) is 15.8 Å². The zero-order valence-electron chi connectivity index (χ0n) is 7.93. The van der Waals surface area contributed by atoms with Crippen molar-refractivity contribution in [1.29, 1.82) is 0 Å². The number of carbonyl (C=O) groups excluding carboxylic acids is 1. The molecule has 2 heterocycles. The summed E-state index contributed by atoms with van der Waals surface area (Å²) < 4.78 is 4.65. The first kappa shape index (κ1) is 12.4. The Kier molecular flexibility index (Phi) is 4.93. The molecule has 1 aliphatic rings. The van der Waals surface area contributed by atoms with Gasteiger partial charge in [-0.2, -0.15) is 0 Å². The van der Waals surface area contributed by atoms with Crippen LogP contribution in [0.4, 0.5) is 0 Å². The van der Waals surface area contributed by atoms with Crippen LogP contribution in [0.1, 0.15) is 5.69 Å². The van der Waals surface area contributed by atoms with Crippen molar-refractivity contribution in [2.75, 3.05) is 11.6 Å². The number of carbonyl (C=O) groups is 1. The predicted octanol–water partition coefficient (Wildman–Crippen LogP) is 0.375. The number of nitrogens with zero attached hydrogens (tertiary/aromatic N) is 1. The maximum Gasteiger partial charge on any atom is 0.238 e. The lowest BCUT2D eigenvalue weighted by Gasteiger charge is -2.08. The van der Waals surface area contributed by atoms with E-state index in [-0.39, 0.29) is 24.4 Å². The highest BCUT2D eigenvalue weighted by molar-refractivity contribution is 7.99. The summed E-state index contributed by atoms with van der Waals surface area (Å²) in [5.41, 5.74) is 0.740. The van der Waals surface area contributed by atoms with Gasteiger partial charge in [-0.25, -0.2) is 0 Å². The third-order valence-corrected chi connectivity index (χ3v) is 2.91. The van der Waals surface area contributed by atoms with Crippen molar-refractivity contribution in [3.63, 3.8) is 0 Å². The first-order valence-corrected chi connectivity index (χ1v) is 5.50. The third kappa shape index (κ3) is 3.40. The van der Waals surface area contributed by atoms with Gasteiger partial charge in [0.25, 0.3) is 0 Å². The molecular formula is C8H12ClN3O2S. The van der Waals surface area contributed by atoms with E-state index in [1.165, 1.54) is 6.26 Å². The van der Waals surface area contributed by atoms with Gasteiger partial charge in [0.2, 0.25) is 5.91 Å². The Morgan fingerprint density at radius 2 is 2.67 bits per heavy atom. The summed E-state index contributed by atoms with van der Waals surface area (Å²) in [6.45, 7) is 0.429. The first-order chi connectivity index (χ1) is 6.86. The SMILES string of the molecule is Cl.O=C(NCc1ccon1)[C@H]1CSCN1. The molecule has 0 bridgehead atoms.